The summed E-state index contributed by atoms with van der Waals surface area (Å²) in [6.07, 6.45) is 2.18. The molecular formula is C18H25F2NO2. The molecule has 3 nitrogen and oxygen atoms in total. The number of fused-ring (bicyclic) bond motifs is 1. The molecule has 1 heterocycles. The summed E-state index contributed by atoms with van der Waals surface area (Å²) >= 11 is 0. The Morgan fingerprint density at radius 2 is 1.87 bits per heavy atom. The number of rotatable bonds is 2. The second kappa shape index (κ2) is 5.42. The highest BCUT2D eigenvalue weighted by molar-refractivity contribution is 5.51. The number of nitrogens with zero attached hydrogens (tertiary/aromatic N) is 1. The maximum absolute atomic E-state index is 14.3. The second-order valence-corrected chi connectivity index (χ2v) is 7.64. The van der Waals surface area contributed by atoms with Crippen LogP contribution >= 0.6 is 0 Å². The summed E-state index contributed by atoms with van der Waals surface area (Å²) in [5.74, 6) is -2.04. The Morgan fingerprint density at radius 1 is 1.26 bits per heavy atom. The van der Waals surface area contributed by atoms with E-state index in [0.717, 1.165) is 25.9 Å². The van der Waals surface area contributed by atoms with Gasteiger partial charge >= 0.3 is 0 Å². The van der Waals surface area contributed by atoms with Gasteiger partial charge < -0.3 is 14.7 Å². The Hall–Kier alpha value is -1.20. The van der Waals surface area contributed by atoms with Gasteiger partial charge in [-0.05, 0) is 56.9 Å². The van der Waals surface area contributed by atoms with Crippen LogP contribution < -0.4 is 4.74 Å². The van der Waals surface area contributed by atoms with Crippen molar-refractivity contribution in [2.45, 2.75) is 38.7 Å². The van der Waals surface area contributed by atoms with Gasteiger partial charge in [0.1, 0.15) is 5.60 Å². The third kappa shape index (κ3) is 2.28. The summed E-state index contributed by atoms with van der Waals surface area (Å²) in [7, 11) is 3.39. The van der Waals surface area contributed by atoms with Gasteiger partial charge in [-0.2, -0.15) is 4.39 Å². The van der Waals surface area contributed by atoms with Crippen LogP contribution in [0.15, 0.2) is 6.07 Å². The summed E-state index contributed by atoms with van der Waals surface area (Å²) in [5.41, 5.74) is -0.585. The standard InChI is InChI=1S/C18H25F2NO2/c1-17(2)10-11-9-13(19)15(20)16(23-4)14(11)18(17,22)12-5-7-21(3)8-6-12/h9,12,22H,5-8,10H2,1-4H3. The van der Waals surface area contributed by atoms with E-state index in [1.165, 1.54) is 13.2 Å². The molecule has 128 valence electrons. The number of piperidine rings is 1. The number of ether oxygens (including phenoxy) is 1. The fourth-order valence-corrected chi connectivity index (χ4v) is 4.53. The lowest BCUT2D eigenvalue weighted by Gasteiger charge is -2.46. The van der Waals surface area contributed by atoms with E-state index in [0.29, 0.717) is 17.5 Å². The van der Waals surface area contributed by atoms with Gasteiger partial charge in [0.2, 0.25) is 5.82 Å². The molecule has 1 unspecified atom stereocenters. The van der Waals surface area contributed by atoms with E-state index in [2.05, 4.69) is 11.9 Å². The smallest absolute Gasteiger partial charge is 0.201 e. The van der Waals surface area contributed by atoms with Gasteiger partial charge in [-0.1, -0.05) is 13.8 Å². The summed E-state index contributed by atoms with van der Waals surface area (Å²) in [6, 6.07) is 1.22. The lowest BCUT2D eigenvalue weighted by Crippen LogP contribution is -2.49. The monoisotopic (exact) mass is 325 g/mol. The van der Waals surface area contributed by atoms with Crippen molar-refractivity contribution in [3.8, 4) is 5.75 Å². The molecule has 0 bridgehead atoms. The average molecular weight is 325 g/mol. The van der Waals surface area contributed by atoms with Gasteiger partial charge in [0, 0.05) is 11.0 Å². The van der Waals surface area contributed by atoms with Crippen molar-refractivity contribution < 1.29 is 18.6 Å². The molecule has 0 aromatic heterocycles. The number of likely N-dealkylation sites (tertiary alicyclic amines) is 1. The molecule has 3 rings (SSSR count). The lowest BCUT2D eigenvalue weighted by atomic mass is 9.65. The highest BCUT2D eigenvalue weighted by atomic mass is 19.2. The van der Waals surface area contributed by atoms with Crippen LogP contribution in [0.2, 0.25) is 0 Å². The zero-order chi connectivity index (χ0) is 17.0. The molecule has 1 fully saturated rings. The van der Waals surface area contributed by atoms with Gasteiger partial charge in [-0.25, -0.2) is 4.39 Å². The minimum Gasteiger partial charge on any atom is -0.493 e. The first-order valence-corrected chi connectivity index (χ1v) is 8.18. The van der Waals surface area contributed by atoms with Crippen molar-refractivity contribution in [2.75, 3.05) is 27.2 Å². The van der Waals surface area contributed by atoms with E-state index in [1.54, 1.807) is 0 Å². The molecule has 1 aromatic carbocycles. The van der Waals surface area contributed by atoms with Gasteiger partial charge in [0.05, 0.1) is 7.11 Å². The lowest BCUT2D eigenvalue weighted by molar-refractivity contribution is -0.122. The van der Waals surface area contributed by atoms with Crippen molar-refractivity contribution in [1.29, 1.82) is 0 Å². The first-order valence-electron chi connectivity index (χ1n) is 8.18. The fraction of sp³-hybridized carbons (Fsp3) is 0.667. The molecule has 0 saturated carbocycles. The van der Waals surface area contributed by atoms with Crippen LogP contribution in [0.4, 0.5) is 8.78 Å². The van der Waals surface area contributed by atoms with E-state index in [4.69, 9.17) is 4.74 Å². The molecule has 0 amide bonds. The average Bonchev–Trinajstić information content (AvgIpc) is 2.69. The number of halogens is 2. The predicted octanol–water partition coefficient (Wildman–Crippen LogP) is 3.09. The topological polar surface area (TPSA) is 32.7 Å². The highest BCUT2D eigenvalue weighted by Gasteiger charge is 2.57. The van der Waals surface area contributed by atoms with Crippen LogP contribution in [0.5, 0.6) is 5.75 Å². The Kier molecular flexibility index (Phi) is 3.92. The quantitative estimate of drug-likeness (QED) is 0.907. The van der Waals surface area contributed by atoms with Crippen LogP contribution in [0.3, 0.4) is 0 Å². The summed E-state index contributed by atoms with van der Waals surface area (Å²) in [6.45, 7) is 5.73. The van der Waals surface area contributed by atoms with Crippen LogP contribution in [0.25, 0.3) is 0 Å². The largest absolute Gasteiger partial charge is 0.493 e. The number of hydrogen-bond acceptors (Lipinski definition) is 3. The molecule has 2 aliphatic rings. The Labute approximate surface area is 136 Å². The number of benzene rings is 1. The molecule has 1 aliphatic heterocycles. The molecule has 1 N–H and O–H groups in total. The van der Waals surface area contributed by atoms with Gasteiger partial charge in [-0.3, -0.25) is 0 Å². The van der Waals surface area contributed by atoms with E-state index >= 15 is 0 Å². The Balaban J connectivity index is 2.16. The normalized spacial score (nSPS) is 28.0. The highest BCUT2D eigenvalue weighted by Crippen LogP contribution is 2.59. The zero-order valence-electron chi connectivity index (χ0n) is 14.2. The Morgan fingerprint density at radius 3 is 2.43 bits per heavy atom. The molecule has 0 spiro atoms. The first kappa shape index (κ1) is 16.7. The minimum absolute atomic E-state index is 0.00807. The van der Waals surface area contributed by atoms with Crippen molar-refractivity contribution in [2.24, 2.45) is 11.3 Å². The molecule has 5 heteroatoms. The maximum Gasteiger partial charge on any atom is 0.201 e. The fourth-order valence-electron chi connectivity index (χ4n) is 4.53. The molecular weight excluding hydrogens is 300 g/mol. The van der Waals surface area contributed by atoms with Gasteiger partial charge in [-0.15, -0.1) is 0 Å². The SMILES string of the molecule is COc1c(F)c(F)cc2c1C(O)(C1CCN(C)CC1)C(C)(C)C2. The molecule has 0 radical (unpaired) electrons. The molecule has 1 aromatic rings. The van der Waals surface area contributed by atoms with Crippen molar-refractivity contribution in [3.05, 3.63) is 28.8 Å². The number of methoxy groups -OCH3 is 1. The Bertz CT molecular complexity index is 624. The van der Waals surface area contributed by atoms with E-state index in [1.807, 2.05) is 13.8 Å². The molecule has 1 saturated heterocycles. The number of hydrogen-bond donors (Lipinski definition) is 1. The minimum atomic E-state index is -1.20. The summed E-state index contributed by atoms with van der Waals surface area (Å²) in [5, 5.41) is 11.7. The molecule has 23 heavy (non-hydrogen) atoms. The van der Waals surface area contributed by atoms with E-state index in [-0.39, 0.29) is 11.7 Å². The second-order valence-electron chi connectivity index (χ2n) is 7.64. The van der Waals surface area contributed by atoms with Crippen LogP contribution in [0.1, 0.15) is 37.8 Å². The predicted molar refractivity (Wildman–Crippen MR) is 84.5 cm³/mol. The van der Waals surface area contributed by atoms with Gasteiger partial charge in [0.25, 0.3) is 0 Å². The van der Waals surface area contributed by atoms with E-state index in [9.17, 15) is 13.9 Å². The first-order chi connectivity index (χ1) is 10.7. The molecule has 1 aliphatic carbocycles. The summed E-state index contributed by atoms with van der Waals surface area (Å²) in [4.78, 5) is 2.23. The van der Waals surface area contributed by atoms with Crippen molar-refractivity contribution >= 4 is 0 Å². The maximum atomic E-state index is 14.3. The van der Waals surface area contributed by atoms with E-state index < -0.39 is 22.7 Å². The van der Waals surface area contributed by atoms with Crippen LogP contribution in [0, 0.1) is 23.0 Å². The zero-order valence-corrected chi connectivity index (χ0v) is 14.2. The third-order valence-electron chi connectivity index (χ3n) is 5.82. The van der Waals surface area contributed by atoms with Gasteiger partial charge in [0.15, 0.2) is 11.6 Å². The summed E-state index contributed by atoms with van der Waals surface area (Å²) < 4.78 is 33.3. The number of aliphatic hydroxyl groups is 1. The molecule has 1 atom stereocenters. The van der Waals surface area contributed by atoms with Crippen LogP contribution in [-0.4, -0.2) is 37.3 Å². The van der Waals surface area contributed by atoms with Crippen LogP contribution in [-0.2, 0) is 12.0 Å². The van der Waals surface area contributed by atoms with Crippen molar-refractivity contribution in [1.82, 2.24) is 4.90 Å². The van der Waals surface area contributed by atoms with Crippen molar-refractivity contribution in [3.63, 3.8) is 0 Å². The third-order valence-corrected chi connectivity index (χ3v) is 5.82.